The monoisotopic (exact) mass is 323 g/mol. The van der Waals surface area contributed by atoms with E-state index < -0.39 is 0 Å². The lowest BCUT2D eigenvalue weighted by Gasteiger charge is -2.30. The van der Waals surface area contributed by atoms with E-state index in [-0.39, 0.29) is 12.0 Å². The van der Waals surface area contributed by atoms with Gasteiger partial charge in [-0.15, -0.1) is 23.5 Å². The van der Waals surface area contributed by atoms with E-state index >= 15 is 0 Å². The van der Waals surface area contributed by atoms with Gasteiger partial charge in [0.2, 0.25) is 0 Å². The molecule has 0 spiro atoms. The molecule has 0 aromatic heterocycles. The van der Waals surface area contributed by atoms with E-state index in [1.54, 1.807) is 0 Å². The van der Waals surface area contributed by atoms with Crippen LogP contribution in [-0.4, -0.2) is 58.8 Å². The molecule has 19 heavy (non-hydrogen) atoms. The van der Waals surface area contributed by atoms with Gasteiger partial charge in [-0.05, 0) is 12.3 Å². The summed E-state index contributed by atoms with van der Waals surface area (Å²) in [5.74, 6) is 7.05. The summed E-state index contributed by atoms with van der Waals surface area (Å²) in [7, 11) is 1.49. The van der Waals surface area contributed by atoms with Crippen molar-refractivity contribution in [3.05, 3.63) is 0 Å². The fourth-order valence-corrected chi connectivity index (χ4v) is 5.37. The number of methoxy groups -OCH3 is 1. The SMILES string of the molecule is COC(=O)C(CC(C)C)N1CSCCSCCSC1. The van der Waals surface area contributed by atoms with Crippen molar-refractivity contribution >= 4 is 41.3 Å². The number of hydrogen-bond donors (Lipinski definition) is 0. The van der Waals surface area contributed by atoms with Gasteiger partial charge >= 0.3 is 5.97 Å². The van der Waals surface area contributed by atoms with Gasteiger partial charge in [0.1, 0.15) is 6.04 Å². The number of thioether (sulfide) groups is 3. The second-order valence-corrected chi connectivity index (χ2v) is 8.32. The zero-order chi connectivity index (χ0) is 14.1. The predicted octanol–water partition coefficient (Wildman–Crippen LogP) is 3.00. The van der Waals surface area contributed by atoms with Gasteiger partial charge in [-0.25, -0.2) is 0 Å². The maximum atomic E-state index is 12.0. The van der Waals surface area contributed by atoms with E-state index in [4.69, 9.17) is 4.74 Å². The highest BCUT2D eigenvalue weighted by molar-refractivity contribution is 8.04. The van der Waals surface area contributed by atoms with Gasteiger partial charge in [0.25, 0.3) is 0 Å². The minimum atomic E-state index is -0.0860. The standard InChI is InChI=1S/C13H25NO2S3/c1-11(2)8-12(13(15)16-3)14-9-18-6-4-17-5-7-19-10-14/h11-12H,4-10H2,1-3H3. The van der Waals surface area contributed by atoms with Gasteiger partial charge in [0, 0.05) is 34.8 Å². The van der Waals surface area contributed by atoms with Crippen molar-refractivity contribution in [1.29, 1.82) is 0 Å². The summed E-state index contributed by atoms with van der Waals surface area (Å²) in [5, 5.41) is 0. The molecule has 0 radical (unpaired) electrons. The Morgan fingerprint density at radius 2 is 1.63 bits per heavy atom. The largest absolute Gasteiger partial charge is 0.468 e. The van der Waals surface area contributed by atoms with E-state index in [2.05, 4.69) is 18.7 Å². The molecule has 0 bridgehead atoms. The molecular formula is C13H25NO2S3. The second-order valence-electron chi connectivity index (χ2n) is 4.94. The maximum absolute atomic E-state index is 12.0. The third-order valence-electron chi connectivity index (χ3n) is 2.87. The number of nitrogens with zero attached hydrogens (tertiary/aromatic N) is 1. The van der Waals surface area contributed by atoms with Crippen LogP contribution in [0.4, 0.5) is 0 Å². The molecule has 1 saturated heterocycles. The first kappa shape index (κ1) is 17.5. The van der Waals surface area contributed by atoms with Crippen LogP contribution in [0.3, 0.4) is 0 Å². The van der Waals surface area contributed by atoms with Gasteiger partial charge in [-0.1, -0.05) is 13.8 Å². The fourth-order valence-electron chi connectivity index (χ4n) is 1.90. The van der Waals surface area contributed by atoms with Gasteiger partial charge < -0.3 is 4.74 Å². The highest BCUT2D eigenvalue weighted by Gasteiger charge is 2.27. The molecule has 0 amide bonds. The number of rotatable bonds is 4. The molecule has 0 saturated carbocycles. The van der Waals surface area contributed by atoms with Crippen LogP contribution >= 0.6 is 35.3 Å². The Bertz CT molecular complexity index is 254. The zero-order valence-corrected chi connectivity index (χ0v) is 14.5. The quantitative estimate of drug-likeness (QED) is 0.739. The van der Waals surface area contributed by atoms with E-state index in [0.29, 0.717) is 5.92 Å². The molecule has 0 aliphatic carbocycles. The van der Waals surface area contributed by atoms with E-state index in [9.17, 15) is 4.79 Å². The van der Waals surface area contributed by atoms with Crippen molar-refractivity contribution in [2.75, 3.05) is 41.9 Å². The summed E-state index contributed by atoms with van der Waals surface area (Å²) in [6.45, 7) is 4.32. The number of ether oxygens (including phenoxy) is 1. The van der Waals surface area contributed by atoms with Crippen LogP contribution in [0.5, 0.6) is 0 Å². The van der Waals surface area contributed by atoms with Crippen LogP contribution in [0.25, 0.3) is 0 Å². The first-order valence-electron chi connectivity index (χ1n) is 6.70. The molecule has 0 aromatic carbocycles. The smallest absolute Gasteiger partial charge is 0.323 e. The van der Waals surface area contributed by atoms with Crippen molar-refractivity contribution < 1.29 is 9.53 Å². The molecule has 1 rings (SSSR count). The van der Waals surface area contributed by atoms with Crippen LogP contribution < -0.4 is 0 Å². The van der Waals surface area contributed by atoms with Crippen molar-refractivity contribution in [2.45, 2.75) is 26.3 Å². The normalized spacial score (nSPS) is 21.1. The molecule has 1 heterocycles. The van der Waals surface area contributed by atoms with Crippen LogP contribution in [0, 0.1) is 5.92 Å². The van der Waals surface area contributed by atoms with Crippen LogP contribution in [0.15, 0.2) is 0 Å². The Hall–Kier alpha value is 0.480. The minimum Gasteiger partial charge on any atom is -0.468 e. The van der Waals surface area contributed by atoms with Crippen molar-refractivity contribution in [1.82, 2.24) is 4.90 Å². The van der Waals surface area contributed by atoms with E-state index in [1.165, 1.54) is 30.1 Å². The predicted molar refractivity (Wildman–Crippen MR) is 89.1 cm³/mol. The molecular weight excluding hydrogens is 298 g/mol. The Labute approximate surface area is 130 Å². The third kappa shape index (κ3) is 7.16. The first-order chi connectivity index (χ1) is 9.15. The fraction of sp³-hybridized carbons (Fsp3) is 0.923. The summed E-state index contributed by atoms with van der Waals surface area (Å²) in [6, 6.07) is -0.0860. The van der Waals surface area contributed by atoms with Crippen molar-refractivity contribution in [2.24, 2.45) is 5.92 Å². The van der Waals surface area contributed by atoms with Crippen LogP contribution in [0.1, 0.15) is 20.3 Å². The highest BCUT2D eigenvalue weighted by Crippen LogP contribution is 2.22. The van der Waals surface area contributed by atoms with Gasteiger partial charge in [0.05, 0.1) is 7.11 Å². The first-order valence-corrected chi connectivity index (χ1v) is 10.2. The third-order valence-corrected chi connectivity index (χ3v) is 6.38. The van der Waals surface area contributed by atoms with Gasteiger partial charge in [0.15, 0.2) is 0 Å². The Kier molecular flexibility index (Phi) is 9.45. The summed E-state index contributed by atoms with van der Waals surface area (Å²) in [5.41, 5.74) is 0. The number of esters is 1. The van der Waals surface area contributed by atoms with Gasteiger partial charge in [-0.2, -0.15) is 11.8 Å². The lowest BCUT2D eigenvalue weighted by molar-refractivity contribution is -0.146. The molecule has 1 aliphatic rings. The second kappa shape index (κ2) is 10.2. The summed E-state index contributed by atoms with van der Waals surface area (Å²) in [4.78, 5) is 14.3. The molecule has 112 valence electrons. The van der Waals surface area contributed by atoms with E-state index in [1.807, 2.05) is 35.3 Å². The zero-order valence-electron chi connectivity index (χ0n) is 12.1. The summed E-state index contributed by atoms with van der Waals surface area (Å²) in [6.07, 6.45) is 0.878. The molecule has 0 N–H and O–H groups in total. The van der Waals surface area contributed by atoms with Gasteiger partial charge in [-0.3, -0.25) is 9.69 Å². The summed E-state index contributed by atoms with van der Waals surface area (Å²) >= 11 is 5.89. The van der Waals surface area contributed by atoms with Crippen molar-refractivity contribution in [3.63, 3.8) is 0 Å². The van der Waals surface area contributed by atoms with Crippen molar-refractivity contribution in [3.8, 4) is 0 Å². The Morgan fingerprint density at radius 3 is 2.11 bits per heavy atom. The Balaban J connectivity index is 2.62. The average Bonchev–Trinajstić information content (AvgIpc) is 2.41. The molecule has 1 aliphatic heterocycles. The number of carbonyl (C=O) groups excluding carboxylic acids is 1. The lowest BCUT2D eigenvalue weighted by atomic mass is 10.0. The topological polar surface area (TPSA) is 29.5 Å². The highest BCUT2D eigenvalue weighted by atomic mass is 32.2. The number of carbonyl (C=O) groups is 1. The van der Waals surface area contributed by atoms with Crippen LogP contribution in [0.2, 0.25) is 0 Å². The molecule has 1 atom stereocenters. The molecule has 6 heteroatoms. The number of hydrogen-bond acceptors (Lipinski definition) is 6. The minimum absolute atomic E-state index is 0.0821. The molecule has 3 nitrogen and oxygen atoms in total. The maximum Gasteiger partial charge on any atom is 0.323 e. The molecule has 0 aromatic rings. The van der Waals surface area contributed by atoms with E-state index in [0.717, 1.165) is 18.2 Å². The molecule has 1 unspecified atom stereocenters. The summed E-state index contributed by atoms with van der Waals surface area (Å²) < 4.78 is 4.99. The Morgan fingerprint density at radius 1 is 1.11 bits per heavy atom. The average molecular weight is 324 g/mol. The lowest BCUT2D eigenvalue weighted by Crippen LogP contribution is -2.42. The molecule has 1 fully saturated rings. The van der Waals surface area contributed by atoms with Crippen LogP contribution in [-0.2, 0) is 9.53 Å².